The molecule has 0 aliphatic carbocycles. The molecule has 92 valence electrons. The molecule has 0 saturated heterocycles. The largest absolute Gasteiger partial charge is 0.463 e. The molecule has 0 fully saturated rings. The molecule has 0 aliphatic rings. The summed E-state index contributed by atoms with van der Waals surface area (Å²) in [7, 11) is 0. The average Bonchev–Trinajstić information content (AvgIpc) is 2.37. The van der Waals surface area contributed by atoms with Crippen LogP contribution in [0.1, 0.15) is 12.5 Å². The molecule has 0 radical (unpaired) electrons. The van der Waals surface area contributed by atoms with Crippen LogP contribution in [0.15, 0.2) is 30.6 Å². The van der Waals surface area contributed by atoms with Gasteiger partial charge >= 0.3 is 5.97 Å². The van der Waals surface area contributed by atoms with Crippen molar-refractivity contribution < 1.29 is 9.53 Å². The molecule has 5 heteroatoms. The zero-order valence-electron chi connectivity index (χ0n) is 9.76. The number of rotatable bonds is 3. The van der Waals surface area contributed by atoms with Crippen LogP contribution < -0.4 is 0 Å². The van der Waals surface area contributed by atoms with Gasteiger partial charge in [-0.2, -0.15) is 0 Å². The molecule has 18 heavy (non-hydrogen) atoms. The summed E-state index contributed by atoms with van der Waals surface area (Å²) < 4.78 is 4.80. The van der Waals surface area contributed by atoms with Crippen molar-refractivity contribution in [3.63, 3.8) is 0 Å². The predicted octanol–water partition coefficient (Wildman–Crippen LogP) is 2.86. The molecule has 1 heterocycles. The van der Waals surface area contributed by atoms with E-state index in [0.29, 0.717) is 11.8 Å². The second-order valence-corrected chi connectivity index (χ2v) is 3.88. The second kappa shape index (κ2) is 5.60. The lowest BCUT2D eigenvalue weighted by Gasteiger charge is -2.00. The Labute approximate surface area is 109 Å². The molecule has 0 bridgehead atoms. The van der Waals surface area contributed by atoms with E-state index in [-0.39, 0.29) is 5.97 Å². The third-order valence-corrected chi connectivity index (χ3v) is 2.61. The minimum absolute atomic E-state index is 0.362. The van der Waals surface area contributed by atoms with Crippen LogP contribution >= 0.6 is 11.6 Å². The molecule has 0 N–H and O–H groups in total. The van der Waals surface area contributed by atoms with Crippen molar-refractivity contribution in [1.29, 1.82) is 0 Å². The Balaban J connectivity index is 2.30. The molecule has 0 atom stereocenters. The van der Waals surface area contributed by atoms with E-state index in [1.54, 1.807) is 13.0 Å². The van der Waals surface area contributed by atoms with Gasteiger partial charge in [0.05, 0.1) is 12.1 Å². The monoisotopic (exact) mass is 262 g/mol. The minimum atomic E-state index is -0.368. The lowest BCUT2D eigenvalue weighted by atomic mass is 10.1. The van der Waals surface area contributed by atoms with E-state index in [9.17, 15) is 4.79 Å². The summed E-state index contributed by atoms with van der Waals surface area (Å²) >= 11 is 5.97. The Hall–Kier alpha value is -1.94. The molecule has 1 aromatic carbocycles. The van der Waals surface area contributed by atoms with Crippen LogP contribution in [0.2, 0.25) is 5.15 Å². The van der Waals surface area contributed by atoms with Crippen molar-refractivity contribution in [3.8, 4) is 0 Å². The Kier molecular flexibility index (Phi) is 3.89. The van der Waals surface area contributed by atoms with Crippen molar-refractivity contribution in [1.82, 2.24) is 9.97 Å². The van der Waals surface area contributed by atoms with Gasteiger partial charge in [-0.15, -0.1) is 0 Å². The number of fused-ring (bicyclic) bond motifs is 1. The van der Waals surface area contributed by atoms with Gasteiger partial charge in [-0.3, -0.25) is 0 Å². The van der Waals surface area contributed by atoms with Crippen molar-refractivity contribution in [2.24, 2.45) is 0 Å². The molecular formula is C13H11ClN2O2. The SMILES string of the molecule is CCOC(=O)C=Cc1ccc2ncnc(Cl)c2c1. The maximum atomic E-state index is 11.2. The van der Waals surface area contributed by atoms with Crippen LogP contribution in [0, 0.1) is 0 Å². The second-order valence-electron chi connectivity index (χ2n) is 3.53. The molecule has 0 unspecified atom stereocenters. The van der Waals surface area contributed by atoms with Crippen molar-refractivity contribution in [2.75, 3.05) is 6.61 Å². The number of carbonyl (C=O) groups is 1. The first-order valence-corrected chi connectivity index (χ1v) is 5.83. The summed E-state index contributed by atoms with van der Waals surface area (Å²) in [5, 5.41) is 1.15. The van der Waals surface area contributed by atoms with Gasteiger partial charge in [-0.25, -0.2) is 14.8 Å². The van der Waals surface area contributed by atoms with E-state index in [1.165, 1.54) is 12.4 Å². The summed E-state index contributed by atoms with van der Waals surface area (Å²) in [6.45, 7) is 2.12. The van der Waals surface area contributed by atoms with Gasteiger partial charge in [0.1, 0.15) is 11.5 Å². The number of hydrogen-bond acceptors (Lipinski definition) is 4. The Bertz CT molecular complexity index is 611. The zero-order chi connectivity index (χ0) is 13.0. The molecule has 0 spiro atoms. The molecule has 2 rings (SSSR count). The standard InChI is InChI=1S/C13H11ClN2O2/c1-2-18-12(17)6-4-9-3-5-11-10(7-9)13(14)16-8-15-11/h3-8H,2H2,1H3. The fraction of sp³-hybridized carbons (Fsp3) is 0.154. The highest BCUT2D eigenvalue weighted by atomic mass is 35.5. The first-order chi connectivity index (χ1) is 8.70. The third-order valence-electron chi connectivity index (χ3n) is 2.31. The van der Waals surface area contributed by atoms with E-state index in [2.05, 4.69) is 9.97 Å². The maximum absolute atomic E-state index is 11.2. The molecule has 4 nitrogen and oxygen atoms in total. The molecule has 0 saturated carbocycles. The van der Waals surface area contributed by atoms with Crippen molar-refractivity contribution >= 4 is 34.5 Å². The van der Waals surface area contributed by atoms with Crippen molar-refractivity contribution in [2.45, 2.75) is 6.92 Å². The van der Waals surface area contributed by atoms with Gasteiger partial charge in [-0.05, 0) is 30.7 Å². The van der Waals surface area contributed by atoms with E-state index < -0.39 is 0 Å². The van der Waals surface area contributed by atoms with Crippen LogP contribution in [-0.4, -0.2) is 22.5 Å². The topological polar surface area (TPSA) is 52.1 Å². The van der Waals surface area contributed by atoms with Gasteiger partial charge in [0, 0.05) is 11.5 Å². The quantitative estimate of drug-likeness (QED) is 0.485. The highest BCUT2D eigenvalue weighted by molar-refractivity contribution is 6.34. The minimum Gasteiger partial charge on any atom is -0.463 e. The molecule has 0 amide bonds. The van der Waals surface area contributed by atoms with Gasteiger partial charge in [0.25, 0.3) is 0 Å². The van der Waals surface area contributed by atoms with E-state index in [4.69, 9.17) is 16.3 Å². The van der Waals surface area contributed by atoms with Gasteiger partial charge < -0.3 is 4.74 Å². The van der Waals surface area contributed by atoms with Crippen molar-refractivity contribution in [3.05, 3.63) is 41.3 Å². The fourth-order valence-electron chi connectivity index (χ4n) is 1.50. The first kappa shape index (κ1) is 12.5. The Morgan fingerprint density at radius 2 is 2.28 bits per heavy atom. The molecular weight excluding hydrogens is 252 g/mol. The number of halogens is 1. The number of benzene rings is 1. The number of aromatic nitrogens is 2. The van der Waals surface area contributed by atoms with Gasteiger partial charge in [-0.1, -0.05) is 17.7 Å². The maximum Gasteiger partial charge on any atom is 0.330 e. The number of carbonyl (C=O) groups excluding carboxylic acids is 1. The highest BCUT2D eigenvalue weighted by Gasteiger charge is 2.01. The number of nitrogens with zero attached hydrogens (tertiary/aromatic N) is 2. The Morgan fingerprint density at radius 1 is 1.44 bits per heavy atom. The summed E-state index contributed by atoms with van der Waals surface area (Å²) in [5.41, 5.74) is 1.61. The lowest BCUT2D eigenvalue weighted by Crippen LogP contribution is -1.98. The van der Waals surface area contributed by atoms with Crippen LogP contribution in [0.4, 0.5) is 0 Å². The molecule has 2 aromatic rings. The van der Waals surface area contributed by atoms with Gasteiger partial charge in [0.2, 0.25) is 0 Å². The molecule has 0 aliphatic heterocycles. The lowest BCUT2D eigenvalue weighted by molar-refractivity contribution is -0.137. The normalized spacial score (nSPS) is 11.0. The van der Waals surface area contributed by atoms with Crippen LogP contribution in [0.25, 0.3) is 17.0 Å². The summed E-state index contributed by atoms with van der Waals surface area (Å²) in [5.74, 6) is -0.368. The Morgan fingerprint density at radius 3 is 3.06 bits per heavy atom. The van der Waals surface area contributed by atoms with E-state index in [1.807, 2.05) is 18.2 Å². The summed E-state index contributed by atoms with van der Waals surface area (Å²) in [6, 6.07) is 5.50. The fourth-order valence-corrected chi connectivity index (χ4v) is 1.70. The van der Waals surface area contributed by atoms with Gasteiger partial charge in [0.15, 0.2) is 0 Å². The number of ether oxygens (including phenoxy) is 1. The van der Waals surface area contributed by atoms with Crippen LogP contribution in [-0.2, 0) is 9.53 Å². The third kappa shape index (κ3) is 2.84. The smallest absolute Gasteiger partial charge is 0.330 e. The van der Waals surface area contributed by atoms with E-state index >= 15 is 0 Å². The summed E-state index contributed by atoms with van der Waals surface area (Å²) in [4.78, 5) is 19.2. The zero-order valence-corrected chi connectivity index (χ0v) is 10.5. The van der Waals surface area contributed by atoms with E-state index in [0.717, 1.165) is 16.5 Å². The summed E-state index contributed by atoms with van der Waals surface area (Å²) in [6.07, 6.45) is 4.46. The van der Waals surface area contributed by atoms with Crippen LogP contribution in [0.3, 0.4) is 0 Å². The predicted molar refractivity (Wildman–Crippen MR) is 70.2 cm³/mol. The number of hydrogen-bond donors (Lipinski definition) is 0. The highest BCUT2D eigenvalue weighted by Crippen LogP contribution is 2.20. The average molecular weight is 263 g/mol. The number of esters is 1. The molecule has 1 aromatic heterocycles. The van der Waals surface area contributed by atoms with Crippen LogP contribution in [0.5, 0.6) is 0 Å². The first-order valence-electron chi connectivity index (χ1n) is 5.46.